The molecule has 1 heterocycles. The predicted molar refractivity (Wildman–Crippen MR) is 129 cm³/mol. The van der Waals surface area contributed by atoms with Crippen molar-refractivity contribution in [3.8, 4) is 5.75 Å². The van der Waals surface area contributed by atoms with Crippen molar-refractivity contribution in [2.24, 2.45) is 0 Å². The molecule has 2 unspecified atom stereocenters. The zero-order valence-electron chi connectivity index (χ0n) is 19.6. The second-order valence-corrected chi connectivity index (χ2v) is 9.04. The minimum Gasteiger partial charge on any atom is -0.506 e. The Morgan fingerprint density at radius 2 is 1.88 bits per heavy atom. The number of benzene rings is 2. The summed E-state index contributed by atoms with van der Waals surface area (Å²) in [5.41, 5.74) is -0.339. The Hall–Kier alpha value is -2.60. The van der Waals surface area contributed by atoms with E-state index in [4.69, 9.17) is 0 Å². The van der Waals surface area contributed by atoms with E-state index in [0.717, 1.165) is 43.9 Å². The number of hydrogen-bond acceptors (Lipinski definition) is 4. The highest BCUT2D eigenvalue weighted by molar-refractivity contribution is 6.03. The van der Waals surface area contributed by atoms with E-state index in [1.807, 2.05) is 44.3 Å². The van der Waals surface area contributed by atoms with Gasteiger partial charge < -0.3 is 15.7 Å². The third-order valence-electron chi connectivity index (χ3n) is 6.69. The molecule has 2 aromatic carbocycles. The van der Waals surface area contributed by atoms with Crippen LogP contribution in [0.15, 0.2) is 36.4 Å². The van der Waals surface area contributed by atoms with Crippen LogP contribution in [0.2, 0.25) is 0 Å². The number of nitrogens with zero attached hydrogens (tertiary/aromatic N) is 1. The SMILES string of the molecule is CCCCCCC1(C(=O)NCCC)CC(NC(=O)c2ccc3ccccc3c2O)CN1C. The van der Waals surface area contributed by atoms with Gasteiger partial charge in [0.1, 0.15) is 11.3 Å². The first kappa shape index (κ1) is 24.1. The van der Waals surface area contributed by atoms with Gasteiger partial charge in [-0.1, -0.05) is 69.9 Å². The molecule has 2 amide bonds. The number of hydrogen-bond donors (Lipinski definition) is 3. The number of likely N-dealkylation sites (N-methyl/N-ethyl adjacent to an activating group) is 1. The smallest absolute Gasteiger partial charge is 0.255 e. The molecular weight excluding hydrogens is 402 g/mol. The van der Waals surface area contributed by atoms with Gasteiger partial charge in [0.2, 0.25) is 5.91 Å². The average Bonchev–Trinajstić information content (AvgIpc) is 3.11. The number of phenols is 1. The van der Waals surface area contributed by atoms with E-state index in [0.29, 0.717) is 24.9 Å². The lowest BCUT2D eigenvalue weighted by Gasteiger charge is -2.34. The average molecular weight is 440 g/mol. The number of amides is 2. The number of phenolic OH excluding ortho intramolecular Hbond substituents is 1. The van der Waals surface area contributed by atoms with Crippen LogP contribution < -0.4 is 10.6 Å². The first-order chi connectivity index (χ1) is 15.4. The van der Waals surface area contributed by atoms with E-state index >= 15 is 0 Å². The lowest BCUT2D eigenvalue weighted by Crippen LogP contribution is -2.54. The highest BCUT2D eigenvalue weighted by Gasteiger charge is 2.49. The highest BCUT2D eigenvalue weighted by Crippen LogP contribution is 2.35. The van der Waals surface area contributed by atoms with Gasteiger partial charge in [0.05, 0.1) is 5.56 Å². The summed E-state index contributed by atoms with van der Waals surface area (Å²) in [7, 11) is 1.98. The molecule has 1 aliphatic heterocycles. The summed E-state index contributed by atoms with van der Waals surface area (Å²) in [6.07, 6.45) is 6.66. The highest BCUT2D eigenvalue weighted by atomic mass is 16.3. The molecule has 1 saturated heterocycles. The van der Waals surface area contributed by atoms with Gasteiger partial charge in [0, 0.05) is 24.5 Å². The fourth-order valence-corrected chi connectivity index (χ4v) is 4.85. The largest absolute Gasteiger partial charge is 0.506 e. The van der Waals surface area contributed by atoms with E-state index in [9.17, 15) is 14.7 Å². The number of aromatic hydroxyl groups is 1. The molecule has 0 aromatic heterocycles. The van der Waals surface area contributed by atoms with Crippen LogP contribution in [0, 0.1) is 0 Å². The minimum atomic E-state index is -0.605. The molecule has 2 aromatic rings. The summed E-state index contributed by atoms with van der Waals surface area (Å²) in [5, 5.41) is 18.4. The van der Waals surface area contributed by atoms with Crippen molar-refractivity contribution in [3.63, 3.8) is 0 Å². The summed E-state index contributed by atoms with van der Waals surface area (Å²) in [4.78, 5) is 28.3. The Kier molecular flexibility index (Phi) is 8.13. The monoisotopic (exact) mass is 439 g/mol. The van der Waals surface area contributed by atoms with Crippen LogP contribution in [0.25, 0.3) is 10.8 Å². The normalized spacial score (nSPS) is 21.0. The van der Waals surface area contributed by atoms with Crippen LogP contribution in [0.3, 0.4) is 0 Å². The topological polar surface area (TPSA) is 81.7 Å². The maximum Gasteiger partial charge on any atom is 0.255 e. The maximum absolute atomic E-state index is 13.2. The van der Waals surface area contributed by atoms with Crippen molar-refractivity contribution in [2.75, 3.05) is 20.1 Å². The summed E-state index contributed by atoms with van der Waals surface area (Å²) in [6, 6.07) is 10.8. The molecule has 0 bridgehead atoms. The Morgan fingerprint density at radius 1 is 1.09 bits per heavy atom. The molecular formula is C26H37N3O3. The molecule has 0 saturated carbocycles. The van der Waals surface area contributed by atoms with Crippen LogP contribution >= 0.6 is 0 Å². The van der Waals surface area contributed by atoms with Crippen molar-refractivity contribution in [3.05, 3.63) is 42.0 Å². The summed E-state index contributed by atoms with van der Waals surface area (Å²) < 4.78 is 0. The zero-order chi connectivity index (χ0) is 23.1. The number of carbonyl (C=O) groups excluding carboxylic acids is 2. The van der Waals surface area contributed by atoms with Crippen molar-refractivity contribution in [1.82, 2.24) is 15.5 Å². The fourth-order valence-electron chi connectivity index (χ4n) is 4.85. The first-order valence-corrected chi connectivity index (χ1v) is 11.9. The molecule has 6 heteroatoms. The van der Waals surface area contributed by atoms with E-state index < -0.39 is 5.54 Å². The number of likely N-dealkylation sites (tertiary alicyclic amines) is 1. The molecule has 0 spiro atoms. The fraction of sp³-hybridized carbons (Fsp3) is 0.538. The van der Waals surface area contributed by atoms with E-state index in [1.165, 1.54) is 0 Å². The number of nitrogens with one attached hydrogen (secondary N) is 2. The van der Waals surface area contributed by atoms with Crippen LogP contribution in [-0.2, 0) is 4.79 Å². The summed E-state index contributed by atoms with van der Waals surface area (Å²) in [5.74, 6) is -0.246. The van der Waals surface area contributed by atoms with Crippen molar-refractivity contribution >= 4 is 22.6 Å². The van der Waals surface area contributed by atoms with E-state index in [1.54, 1.807) is 6.07 Å². The molecule has 3 N–H and O–H groups in total. The predicted octanol–water partition coefficient (Wildman–Crippen LogP) is 4.21. The van der Waals surface area contributed by atoms with Gasteiger partial charge in [-0.05, 0) is 37.8 Å². The zero-order valence-corrected chi connectivity index (χ0v) is 19.6. The van der Waals surface area contributed by atoms with Crippen LogP contribution in [0.1, 0.15) is 69.2 Å². The quantitative estimate of drug-likeness (QED) is 0.484. The van der Waals surface area contributed by atoms with Gasteiger partial charge in [-0.15, -0.1) is 0 Å². The Balaban J connectivity index is 1.75. The molecule has 6 nitrogen and oxygen atoms in total. The first-order valence-electron chi connectivity index (χ1n) is 11.9. The molecule has 0 radical (unpaired) electrons. The second-order valence-electron chi connectivity index (χ2n) is 9.04. The van der Waals surface area contributed by atoms with Crippen molar-refractivity contribution < 1.29 is 14.7 Å². The molecule has 1 fully saturated rings. The van der Waals surface area contributed by atoms with Gasteiger partial charge in [-0.2, -0.15) is 0 Å². The molecule has 1 aliphatic rings. The number of rotatable bonds is 10. The van der Waals surface area contributed by atoms with Crippen molar-refractivity contribution in [1.29, 1.82) is 0 Å². The third-order valence-corrected chi connectivity index (χ3v) is 6.69. The number of fused-ring (bicyclic) bond motifs is 1. The Morgan fingerprint density at radius 3 is 2.62 bits per heavy atom. The lowest BCUT2D eigenvalue weighted by molar-refractivity contribution is -0.131. The number of carbonyl (C=O) groups is 2. The van der Waals surface area contributed by atoms with E-state index in [-0.39, 0.29) is 29.2 Å². The van der Waals surface area contributed by atoms with Gasteiger partial charge in [0.15, 0.2) is 0 Å². The van der Waals surface area contributed by atoms with Crippen LogP contribution in [0.4, 0.5) is 0 Å². The van der Waals surface area contributed by atoms with Gasteiger partial charge >= 0.3 is 0 Å². The van der Waals surface area contributed by atoms with Crippen LogP contribution in [-0.4, -0.2) is 53.5 Å². The van der Waals surface area contributed by atoms with Gasteiger partial charge in [-0.3, -0.25) is 14.5 Å². The molecule has 0 aliphatic carbocycles. The molecule has 32 heavy (non-hydrogen) atoms. The second kappa shape index (κ2) is 10.8. The van der Waals surface area contributed by atoms with Gasteiger partial charge in [-0.25, -0.2) is 0 Å². The summed E-state index contributed by atoms with van der Waals surface area (Å²) in [6.45, 7) is 5.49. The van der Waals surface area contributed by atoms with Gasteiger partial charge in [0.25, 0.3) is 5.91 Å². The third kappa shape index (κ3) is 5.07. The Labute approximate surface area is 191 Å². The molecule has 174 valence electrons. The molecule has 3 rings (SSSR count). The van der Waals surface area contributed by atoms with Crippen molar-refractivity contribution in [2.45, 2.75) is 70.4 Å². The maximum atomic E-state index is 13.2. The minimum absolute atomic E-state index is 0.00142. The standard InChI is InChI=1S/C26H37N3O3/c1-4-6-7-10-15-26(25(32)27-16-5-2)17-20(18-29(26)3)28-24(31)22-14-13-19-11-8-9-12-21(19)23(22)30/h8-9,11-14,20,30H,4-7,10,15-18H2,1-3H3,(H,27,32)(H,28,31). The van der Waals surface area contributed by atoms with Crippen LogP contribution in [0.5, 0.6) is 5.75 Å². The summed E-state index contributed by atoms with van der Waals surface area (Å²) >= 11 is 0. The number of unbranched alkanes of at least 4 members (excludes halogenated alkanes) is 3. The Bertz CT molecular complexity index is 945. The lowest BCUT2D eigenvalue weighted by atomic mass is 9.87. The van der Waals surface area contributed by atoms with E-state index in [2.05, 4.69) is 22.5 Å². The molecule has 2 atom stereocenters.